The van der Waals surface area contributed by atoms with Crippen LogP contribution >= 0.6 is 23.5 Å². The molecule has 6 heteroatoms. The maximum Gasteiger partial charge on any atom is 0.269 e. The minimum Gasteiger partial charge on any atom is -0.334 e. The van der Waals surface area contributed by atoms with Gasteiger partial charge in [0.25, 0.3) is 5.91 Å². The molecule has 1 saturated heterocycles. The van der Waals surface area contributed by atoms with Crippen LogP contribution in [0.15, 0.2) is 68.4 Å². The summed E-state index contributed by atoms with van der Waals surface area (Å²) in [5, 5.41) is 1.77. The van der Waals surface area contributed by atoms with Gasteiger partial charge in [-0.2, -0.15) is 0 Å². The lowest BCUT2D eigenvalue weighted by Crippen LogP contribution is -2.29. The van der Waals surface area contributed by atoms with Crippen LogP contribution in [0.25, 0.3) is 0 Å². The molecule has 0 bridgehead atoms. The van der Waals surface area contributed by atoms with Gasteiger partial charge < -0.3 is 4.90 Å². The van der Waals surface area contributed by atoms with Gasteiger partial charge in [0.05, 0.1) is 11.4 Å². The highest BCUT2D eigenvalue weighted by Gasteiger charge is 2.38. The summed E-state index contributed by atoms with van der Waals surface area (Å²) in [6.45, 7) is 7.59. The van der Waals surface area contributed by atoms with Crippen LogP contribution < -0.4 is 4.90 Å². The molecule has 0 N–H and O–H groups in total. The van der Waals surface area contributed by atoms with Gasteiger partial charge in [0.2, 0.25) is 0 Å². The van der Waals surface area contributed by atoms with Crippen LogP contribution in [-0.2, 0) is 4.79 Å². The molecule has 0 aliphatic carbocycles. The summed E-state index contributed by atoms with van der Waals surface area (Å²) in [5.41, 5.74) is 3.19. The molecule has 2 aliphatic heterocycles. The molecule has 1 amide bonds. The van der Waals surface area contributed by atoms with Gasteiger partial charge in [0.15, 0.2) is 5.17 Å². The van der Waals surface area contributed by atoms with Gasteiger partial charge in [-0.3, -0.25) is 9.69 Å². The normalized spacial score (nSPS) is 20.7. The Bertz CT molecular complexity index is 967. The molecule has 4 rings (SSSR count). The molecule has 27 heavy (non-hydrogen) atoms. The van der Waals surface area contributed by atoms with Crippen LogP contribution in [-0.4, -0.2) is 29.1 Å². The molecule has 0 spiro atoms. The highest BCUT2D eigenvalue weighted by molar-refractivity contribution is 8.19. The van der Waals surface area contributed by atoms with Crippen molar-refractivity contribution in [3.63, 3.8) is 0 Å². The van der Waals surface area contributed by atoms with Crippen LogP contribution in [0.3, 0.4) is 0 Å². The minimum absolute atomic E-state index is 0.0450. The summed E-state index contributed by atoms with van der Waals surface area (Å²) in [6.07, 6.45) is 0. The Morgan fingerprint density at radius 1 is 0.926 bits per heavy atom. The first-order valence-corrected chi connectivity index (χ1v) is 10.7. The molecular formula is C21H21N3OS2. The molecular weight excluding hydrogens is 374 g/mol. The van der Waals surface area contributed by atoms with Crippen LogP contribution in [0.1, 0.15) is 19.4 Å². The lowest BCUT2D eigenvalue weighted by atomic mass is 10.2. The number of nitrogens with zero attached hydrogens (tertiary/aromatic N) is 3. The van der Waals surface area contributed by atoms with Crippen molar-refractivity contribution in [1.82, 2.24) is 4.90 Å². The van der Waals surface area contributed by atoms with Gasteiger partial charge in [-0.05, 0) is 56.3 Å². The molecule has 0 aromatic heterocycles. The molecule has 0 radical (unpaired) electrons. The number of thioether (sulfide) groups is 2. The predicted octanol–water partition coefficient (Wildman–Crippen LogP) is 5.38. The number of hydrogen-bond donors (Lipinski definition) is 0. The lowest BCUT2D eigenvalue weighted by molar-refractivity contribution is -0.122. The number of anilines is 1. The zero-order valence-electron chi connectivity index (χ0n) is 15.6. The molecule has 2 aliphatic rings. The van der Waals surface area contributed by atoms with Crippen molar-refractivity contribution in [1.29, 1.82) is 0 Å². The van der Waals surface area contributed by atoms with Crippen molar-refractivity contribution in [3.05, 3.63) is 64.0 Å². The SMILES string of the molecule is CCN1C(=O)/C(=C2/Sc3ccccc3N2CC)SC1=Nc1ccccc1C. The second kappa shape index (κ2) is 7.44. The first kappa shape index (κ1) is 18.2. The summed E-state index contributed by atoms with van der Waals surface area (Å²) < 4.78 is 0. The largest absolute Gasteiger partial charge is 0.334 e. The minimum atomic E-state index is 0.0450. The van der Waals surface area contributed by atoms with E-state index in [1.807, 2.05) is 50.2 Å². The van der Waals surface area contributed by atoms with Crippen molar-refractivity contribution in [2.45, 2.75) is 25.7 Å². The van der Waals surface area contributed by atoms with E-state index in [1.54, 1.807) is 16.7 Å². The Morgan fingerprint density at radius 3 is 2.37 bits per heavy atom. The summed E-state index contributed by atoms with van der Waals surface area (Å²) >= 11 is 3.16. The molecule has 2 aromatic rings. The number of aryl methyl sites for hydroxylation is 1. The third-order valence-corrected chi connectivity index (χ3v) is 7.01. The van der Waals surface area contributed by atoms with Crippen LogP contribution in [0, 0.1) is 6.92 Å². The number of carbonyl (C=O) groups is 1. The number of amides is 1. The number of hydrogen-bond acceptors (Lipinski definition) is 5. The van der Waals surface area contributed by atoms with Gasteiger partial charge in [-0.1, -0.05) is 42.1 Å². The quantitative estimate of drug-likeness (QED) is 0.654. The van der Waals surface area contributed by atoms with Gasteiger partial charge in [0, 0.05) is 18.0 Å². The van der Waals surface area contributed by atoms with E-state index in [2.05, 4.69) is 24.0 Å². The van der Waals surface area contributed by atoms with E-state index in [4.69, 9.17) is 4.99 Å². The van der Waals surface area contributed by atoms with E-state index >= 15 is 0 Å². The molecule has 0 atom stereocenters. The lowest BCUT2D eigenvalue weighted by Gasteiger charge is -2.19. The third kappa shape index (κ3) is 3.17. The highest BCUT2D eigenvalue weighted by Crippen LogP contribution is 2.50. The predicted molar refractivity (Wildman–Crippen MR) is 116 cm³/mol. The third-order valence-electron chi connectivity index (χ3n) is 4.63. The monoisotopic (exact) mass is 395 g/mol. The number of aliphatic imine (C=N–C) groups is 1. The number of carbonyl (C=O) groups excluding carboxylic acids is 1. The molecule has 2 heterocycles. The summed E-state index contributed by atoms with van der Waals surface area (Å²) in [5.74, 6) is 0.0450. The second-order valence-corrected chi connectivity index (χ2v) is 8.29. The van der Waals surface area contributed by atoms with Crippen LogP contribution in [0.4, 0.5) is 11.4 Å². The molecule has 4 nitrogen and oxygen atoms in total. The van der Waals surface area contributed by atoms with Gasteiger partial charge in [-0.15, -0.1) is 0 Å². The fourth-order valence-corrected chi connectivity index (χ4v) is 5.66. The maximum atomic E-state index is 13.1. The first-order chi connectivity index (χ1) is 13.1. The van der Waals surface area contributed by atoms with E-state index in [0.29, 0.717) is 6.54 Å². The fourth-order valence-electron chi connectivity index (χ4n) is 3.21. The molecule has 0 saturated carbocycles. The molecule has 1 fully saturated rings. The Morgan fingerprint density at radius 2 is 1.63 bits per heavy atom. The fraction of sp³-hybridized carbons (Fsp3) is 0.238. The Hall–Kier alpha value is -2.18. The van der Waals surface area contributed by atoms with Gasteiger partial charge in [-0.25, -0.2) is 4.99 Å². The van der Waals surface area contributed by atoms with E-state index in [9.17, 15) is 4.79 Å². The van der Waals surface area contributed by atoms with Crippen molar-refractivity contribution in [2.75, 3.05) is 18.0 Å². The molecule has 138 valence electrons. The van der Waals surface area contributed by atoms with E-state index < -0.39 is 0 Å². The van der Waals surface area contributed by atoms with Gasteiger partial charge >= 0.3 is 0 Å². The molecule has 0 unspecified atom stereocenters. The summed E-state index contributed by atoms with van der Waals surface area (Å²) in [6, 6.07) is 16.3. The van der Waals surface area contributed by atoms with E-state index in [1.165, 1.54) is 22.3 Å². The number of para-hydroxylation sites is 2. The zero-order valence-corrected chi connectivity index (χ0v) is 17.2. The topological polar surface area (TPSA) is 35.9 Å². The highest BCUT2D eigenvalue weighted by atomic mass is 32.2. The number of rotatable bonds is 3. The van der Waals surface area contributed by atoms with Crippen LogP contribution in [0.2, 0.25) is 0 Å². The molecule has 2 aromatic carbocycles. The Balaban J connectivity index is 1.76. The van der Waals surface area contributed by atoms with Crippen molar-refractivity contribution < 1.29 is 4.79 Å². The van der Waals surface area contributed by atoms with Crippen molar-refractivity contribution in [3.8, 4) is 0 Å². The number of amidine groups is 1. The Kier molecular flexibility index (Phi) is 5.02. The van der Waals surface area contributed by atoms with E-state index in [-0.39, 0.29) is 5.91 Å². The van der Waals surface area contributed by atoms with E-state index in [0.717, 1.165) is 32.9 Å². The van der Waals surface area contributed by atoms with Crippen molar-refractivity contribution >= 4 is 46.0 Å². The van der Waals surface area contributed by atoms with Gasteiger partial charge in [0.1, 0.15) is 9.93 Å². The number of likely N-dealkylation sites (N-methyl/N-ethyl adjacent to an activating group) is 1. The average molecular weight is 396 g/mol. The summed E-state index contributed by atoms with van der Waals surface area (Å²) in [7, 11) is 0. The number of benzene rings is 2. The summed E-state index contributed by atoms with van der Waals surface area (Å²) in [4.78, 5) is 23.9. The zero-order chi connectivity index (χ0) is 19.0. The van der Waals surface area contributed by atoms with Crippen molar-refractivity contribution in [2.24, 2.45) is 4.99 Å². The number of fused-ring (bicyclic) bond motifs is 1. The average Bonchev–Trinajstić information content (AvgIpc) is 3.20. The first-order valence-electron chi connectivity index (χ1n) is 9.06. The Labute approximate surface area is 168 Å². The second-order valence-electron chi connectivity index (χ2n) is 6.28. The smallest absolute Gasteiger partial charge is 0.269 e. The van der Waals surface area contributed by atoms with Crippen LogP contribution in [0.5, 0.6) is 0 Å². The standard InChI is InChI=1S/C21H21N3OS2/c1-4-23-16-12-8-9-13-17(16)26-20(23)18-19(25)24(5-2)21(27-18)22-15-11-7-6-10-14(15)3/h6-13H,4-5H2,1-3H3/b20-18-,22-21?. The maximum absolute atomic E-state index is 13.1.